The van der Waals surface area contributed by atoms with Crippen LogP contribution in [0.5, 0.6) is 0 Å². The van der Waals surface area contributed by atoms with Gasteiger partial charge in [-0.15, -0.1) is 18.5 Å². The van der Waals surface area contributed by atoms with E-state index in [2.05, 4.69) is 73.9 Å². The van der Waals surface area contributed by atoms with Crippen molar-refractivity contribution < 1.29 is 28.4 Å². The lowest BCUT2D eigenvalue weighted by Gasteiger charge is -2.80. The summed E-state index contributed by atoms with van der Waals surface area (Å²) in [6.07, 6.45) is 9.72. The van der Waals surface area contributed by atoms with Crippen LogP contribution in [0.15, 0.2) is 0 Å². The van der Waals surface area contributed by atoms with Crippen molar-refractivity contribution in [3.8, 4) is 0 Å². The molecule has 1 saturated carbocycles. The number of rotatable bonds is 4. The monoisotopic (exact) mass is 568 g/mol. The van der Waals surface area contributed by atoms with Gasteiger partial charge in [0.15, 0.2) is 23.1 Å². The first-order valence-corrected chi connectivity index (χ1v) is 16.7. The van der Waals surface area contributed by atoms with Gasteiger partial charge in [0, 0.05) is 36.5 Å². The van der Waals surface area contributed by atoms with Crippen LogP contribution < -0.4 is 0 Å². The SMILES string of the molecule is CC12CC3(C)OC(C)(CC(C)(O1)C3(CP)C1CCCCC1C1(CP)C3(C)CC4(C)OC(C)(CC1(C)O4)O3)O2. The van der Waals surface area contributed by atoms with Gasteiger partial charge in [0.25, 0.3) is 0 Å². The maximum atomic E-state index is 7.09. The molecule has 38 heavy (non-hydrogen) atoms. The van der Waals surface area contributed by atoms with Crippen LogP contribution >= 0.6 is 18.5 Å². The Bertz CT molecular complexity index is 891. The van der Waals surface area contributed by atoms with Crippen LogP contribution in [-0.2, 0) is 28.4 Å². The fraction of sp³-hybridized carbons (Fsp3) is 1.00. The number of hydrogen-bond acceptors (Lipinski definition) is 6. The van der Waals surface area contributed by atoms with Crippen molar-refractivity contribution in [1.29, 1.82) is 0 Å². The van der Waals surface area contributed by atoms with Gasteiger partial charge < -0.3 is 28.4 Å². The molecule has 9 aliphatic rings. The lowest BCUT2D eigenvalue weighted by molar-refractivity contribution is -0.561. The van der Waals surface area contributed by atoms with Crippen LogP contribution in [0.1, 0.15) is 107 Å². The van der Waals surface area contributed by atoms with E-state index >= 15 is 0 Å². The van der Waals surface area contributed by atoms with Crippen LogP contribution in [0.2, 0.25) is 0 Å². The van der Waals surface area contributed by atoms with Gasteiger partial charge in [0.1, 0.15) is 0 Å². The highest BCUT2D eigenvalue weighted by molar-refractivity contribution is 7.16. The molecule has 9 fully saturated rings. The molecular formula is C30H50O6P2. The van der Waals surface area contributed by atoms with Crippen molar-refractivity contribution in [1.82, 2.24) is 0 Å². The third-order valence-corrected chi connectivity index (χ3v) is 14.0. The predicted octanol–water partition coefficient (Wildman–Crippen LogP) is 6.16. The van der Waals surface area contributed by atoms with E-state index in [0.717, 1.165) is 38.0 Å². The van der Waals surface area contributed by atoms with Gasteiger partial charge in [-0.3, -0.25) is 0 Å². The molecule has 12 atom stereocenters. The lowest BCUT2D eigenvalue weighted by atomic mass is 9.39. The van der Waals surface area contributed by atoms with E-state index in [0.29, 0.717) is 11.8 Å². The van der Waals surface area contributed by atoms with E-state index in [-0.39, 0.29) is 33.2 Å². The molecule has 0 amide bonds. The summed E-state index contributed by atoms with van der Waals surface area (Å²) < 4.78 is 41.3. The molecule has 8 aliphatic heterocycles. The Morgan fingerprint density at radius 3 is 0.974 bits per heavy atom. The summed E-state index contributed by atoms with van der Waals surface area (Å²) in [5.74, 6) is -1.67. The van der Waals surface area contributed by atoms with Gasteiger partial charge in [-0.05, 0) is 92.4 Å². The first kappa shape index (κ1) is 27.5. The second-order valence-electron chi connectivity index (χ2n) is 15.6. The summed E-state index contributed by atoms with van der Waals surface area (Å²) in [5, 5.41) is 0. The summed E-state index contributed by atoms with van der Waals surface area (Å²) in [7, 11) is 6.32. The molecule has 0 aromatic heterocycles. The maximum Gasteiger partial charge on any atom is 0.172 e. The molecule has 8 saturated heterocycles. The zero-order chi connectivity index (χ0) is 27.5. The average Bonchev–Trinajstić information content (AvgIpc) is 2.68. The fourth-order valence-electron chi connectivity index (χ4n) is 12.9. The van der Waals surface area contributed by atoms with Gasteiger partial charge in [0.2, 0.25) is 0 Å². The van der Waals surface area contributed by atoms with Crippen LogP contribution in [0.3, 0.4) is 0 Å². The minimum Gasteiger partial charge on any atom is -0.343 e. The minimum atomic E-state index is -0.617. The molecule has 12 unspecified atom stereocenters. The maximum absolute atomic E-state index is 7.09. The summed E-state index contributed by atoms with van der Waals surface area (Å²) in [5.41, 5.74) is -1.81. The first-order chi connectivity index (χ1) is 17.4. The van der Waals surface area contributed by atoms with Gasteiger partial charge >= 0.3 is 0 Å². The second-order valence-corrected chi connectivity index (χ2v) is 16.4. The zero-order valence-corrected chi connectivity index (χ0v) is 27.1. The zero-order valence-electron chi connectivity index (χ0n) is 24.8. The number of hydrogen-bond donors (Lipinski definition) is 0. The summed E-state index contributed by atoms with van der Waals surface area (Å²) in [6.45, 7) is 18.0. The lowest BCUT2D eigenvalue weighted by Crippen LogP contribution is -2.87. The molecule has 0 spiro atoms. The molecule has 0 aromatic carbocycles. The molecule has 216 valence electrons. The van der Waals surface area contributed by atoms with Crippen LogP contribution in [0.25, 0.3) is 0 Å². The Balaban J connectivity index is 1.41. The second kappa shape index (κ2) is 7.39. The average molecular weight is 569 g/mol. The van der Waals surface area contributed by atoms with Crippen molar-refractivity contribution in [3.05, 3.63) is 0 Å². The smallest absolute Gasteiger partial charge is 0.172 e. The molecule has 6 nitrogen and oxygen atoms in total. The third kappa shape index (κ3) is 2.94. The van der Waals surface area contributed by atoms with Crippen molar-refractivity contribution >= 4 is 18.5 Å². The topological polar surface area (TPSA) is 55.4 Å². The minimum absolute atomic E-state index is 0.183. The van der Waals surface area contributed by atoms with E-state index < -0.39 is 23.1 Å². The standard InChI is InChI=1S/C30H50O6P2/c1-21-13-25(5)32-22(2,14-26(6,31-21)35-25)29(21,17-37)19-11-9-10-12-20(19)30(18-38)23(3)15-27(7)34-24(30,4)16-28(8,33-23)36-27/h19-20H,9-18,37-38H2,1-8H3. The Labute approximate surface area is 234 Å². The molecule has 0 N–H and O–H groups in total. The van der Waals surface area contributed by atoms with Crippen LogP contribution in [-0.4, -0.2) is 57.9 Å². The fourth-order valence-corrected chi connectivity index (χ4v) is 15.3. The Hall–Kier alpha value is 0.620. The molecule has 9 rings (SSSR count). The summed E-state index contributed by atoms with van der Waals surface area (Å²) >= 11 is 0. The summed E-state index contributed by atoms with van der Waals surface area (Å²) in [6, 6.07) is 0. The predicted molar refractivity (Wildman–Crippen MR) is 152 cm³/mol. The molecule has 8 heteroatoms. The van der Waals surface area contributed by atoms with E-state index in [1.807, 2.05) is 0 Å². The largest absolute Gasteiger partial charge is 0.343 e. The van der Waals surface area contributed by atoms with Crippen molar-refractivity contribution in [3.63, 3.8) is 0 Å². The van der Waals surface area contributed by atoms with E-state index in [1.165, 1.54) is 25.7 Å². The number of ether oxygens (including phenoxy) is 6. The molecule has 0 radical (unpaired) electrons. The van der Waals surface area contributed by atoms with Gasteiger partial charge in [0.05, 0.1) is 22.4 Å². The van der Waals surface area contributed by atoms with Gasteiger partial charge in [-0.25, -0.2) is 0 Å². The normalized spacial score (nSPS) is 66.5. The van der Waals surface area contributed by atoms with E-state index in [9.17, 15) is 0 Å². The van der Waals surface area contributed by atoms with E-state index in [4.69, 9.17) is 28.4 Å². The highest BCUT2D eigenvalue weighted by atomic mass is 31.0. The Morgan fingerprint density at radius 1 is 0.474 bits per heavy atom. The first-order valence-electron chi connectivity index (χ1n) is 15.0. The molecule has 8 bridgehead atoms. The molecule has 0 aromatic rings. The van der Waals surface area contributed by atoms with Crippen LogP contribution in [0, 0.1) is 22.7 Å². The quantitative estimate of drug-likeness (QED) is 0.379. The molecule has 1 aliphatic carbocycles. The van der Waals surface area contributed by atoms with Crippen molar-refractivity contribution in [2.24, 2.45) is 22.7 Å². The van der Waals surface area contributed by atoms with Gasteiger partial charge in [-0.1, -0.05) is 12.8 Å². The van der Waals surface area contributed by atoms with E-state index in [1.54, 1.807) is 0 Å². The van der Waals surface area contributed by atoms with Crippen LogP contribution in [0.4, 0.5) is 0 Å². The van der Waals surface area contributed by atoms with Gasteiger partial charge in [-0.2, -0.15) is 0 Å². The van der Waals surface area contributed by atoms with Crippen molar-refractivity contribution in [2.45, 2.75) is 152 Å². The highest BCUT2D eigenvalue weighted by Gasteiger charge is 2.83. The molecule has 8 heterocycles. The highest BCUT2D eigenvalue weighted by Crippen LogP contribution is 2.77. The molecular weight excluding hydrogens is 518 g/mol. The third-order valence-electron chi connectivity index (χ3n) is 12.7. The Morgan fingerprint density at radius 2 is 0.737 bits per heavy atom. The Kier molecular flexibility index (Phi) is 5.34. The van der Waals surface area contributed by atoms with Crippen molar-refractivity contribution in [2.75, 3.05) is 12.3 Å². The summed E-state index contributed by atoms with van der Waals surface area (Å²) in [4.78, 5) is 0.